The highest BCUT2D eigenvalue weighted by molar-refractivity contribution is 6.03. The van der Waals surface area contributed by atoms with Gasteiger partial charge in [-0.3, -0.25) is 4.79 Å². The van der Waals surface area contributed by atoms with Crippen molar-refractivity contribution in [1.82, 2.24) is 4.98 Å². The van der Waals surface area contributed by atoms with Crippen LogP contribution in [0.2, 0.25) is 0 Å². The van der Waals surface area contributed by atoms with Crippen LogP contribution in [-0.2, 0) is 0 Å². The largest absolute Gasteiger partial charge is 0.422 e. The quantitative estimate of drug-likeness (QED) is 0.497. The lowest BCUT2D eigenvalue weighted by Crippen LogP contribution is -1.97. The maximum atomic E-state index is 11.6. The Balaban J connectivity index is 2.62. The SMILES string of the molecule is O=Cc1cc2c(=O)oc3ccccc3c2[nH]1. The summed E-state index contributed by atoms with van der Waals surface area (Å²) in [5.41, 5.74) is 1.10. The Bertz CT molecular complexity index is 752. The third kappa shape index (κ3) is 1.10. The van der Waals surface area contributed by atoms with E-state index in [1.807, 2.05) is 12.1 Å². The second-order valence-electron chi connectivity index (χ2n) is 3.52. The molecular weight excluding hydrogens is 206 g/mol. The highest BCUT2D eigenvalue weighted by atomic mass is 16.4. The molecular formula is C12H7NO3. The van der Waals surface area contributed by atoms with Crippen LogP contribution >= 0.6 is 0 Å². The van der Waals surface area contributed by atoms with Crippen molar-refractivity contribution in [2.45, 2.75) is 0 Å². The summed E-state index contributed by atoms with van der Waals surface area (Å²) < 4.78 is 5.14. The number of fused-ring (bicyclic) bond motifs is 3. The number of hydrogen-bond acceptors (Lipinski definition) is 3. The summed E-state index contributed by atoms with van der Waals surface area (Å²) in [7, 11) is 0. The molecule has 0 aliphatic heterocycles. The van der Waals surface area contributed by atoms with Crippen LogP contribution in [0, 0.1) is 0 Å². The minimum absolute atomic E-state index is 0.374. The molecule has 0 amide bonds. The van der Waals surface area contributed by atoms with Crippen molar-refractivity contribution in [3.63, 3.8) is 0 Å². The molecule has 0 fully saturated rings. The molecule has 4 nitrogen and oxygen atoms in total. The molecule has 3 aromatic rings. The van der Waals surface area contributed by atoms with E-state index in [4.69, 9.17) is 4.42 Å². The third-order valence-corrected chi connectivity index (χ3v) is 2.54. The number of para-hydroxylation sites is 1. The number of benzene rings is 1. The van der Waals surface area contributed by atoms with Crippen molar-refractivity contribution in [1.29, 1.82) is 0 Å². The summed E-state index contributed by atoms with van der Waals surface area (Å²) in [6.45, 7) is 0. The minimum atomic E-state index is -0.432. The highest BCUT2D eigenvalue weighted by Gasteiger charge is 2.09. The lowest BCUT2D eigenvalue weighted by molar-refractivity contribution is 0.112. The second kappa shape index (κ2) is 3.06. The first-order valence-electron chi connectivity index (χ1n) is 4.79. The summed E-state index contributed by atoms with van der Waals surface area (Å²) in [5, 5.41) is 1.20. The molecule has 0 aliphatic carbocycles. The van der Waals surface area contributed by atoms with E-state index in [1.165, 1.54) is 6.07 Å². The number of nitrogens with one attached hydrogen (secondary N) is 1. The lowest BCUT2D eigenvalue weighted by Gasteiger charge is -1.96. The van der Waals surface area contributed by atoms with E-state index in [2.05, 4.69) is 4.98 Å². The number of carbonyl (C=O) groups excluding carboxylic acids is 1. The average molecular weight is 213 g/mol. The van der Waals surface area contributed by atoms with E-state index >= 15 is 0 Å². The van der Waals surface area contributed by atoms with Crippen LogP contribution in [-0.4, -0.2) is 11.3 Å². The van der Waals surface area contributed by atoms with Crippen molar-refractivity contribution in [3.8, 4) is 0 Å². The molecule has 0 spiro atoms. The minimum Gasteiger partial charge on any atom is -0.422 e. The molecule has 3 rings (SSSR count). The van der Waals surface area contributed by atoms with Crippen molar-refractivity contribution in [2.75, 3.05) is 0 Å². The maximum Gasteiger partial charge on any atom is 0.345 e. The molecule has 2 aromatic heterocycles. The number of carbonyl (C=O) groups is 1. The molecule has 0 aliphatic rings. The van der Waals surface area contributed by atoms with Gasteiger partial charge < -0.3 is 9.40 Å². The normalized spacial score (nSPS) is 11.0. The Kier molecular flexibility index (Phi) is 1.71. The smallest absolute Gasteiger partial charge is 0.345 e. The molecule has 16 heavy (non-hydrogen) atoms. The van der Waals surface area contributed by atoms with Crippen molar-refractivity contribution < 1.29 is 9.21 Å². The van der Waals surface area contributed by atoms with Crippen LogP contribution in [0.1, 0.15) is 10.5 Å². The molecule has 1 N–H and O–H groups in total. The van der Waals surface area contributed by atoms with E-state index in [1.54, 1.807) is 12.1 Å². The maximum absolute atomic E-state index is 11.6. The Morgan fingerprint density at radius 2 is 2.00 bits per heavy atom. The standard InChI is InChI=1S/C12H7NO3/c14-6-7-5-9-11(13-7)8-3-1-2-4-10(8)16-12(9)15/h1-6,13H. The van der Waals surface area contributed by atoms with Crippen LogP contribution in [0.25, 0.3) is 21.9 Å². The van der Waals surface area contributed by atoms with Gasteiger partial charge in [-0.1, -0.05) is 12.1 Å². The fourth-order valence-electron chi connectivity index (χ4n) is 1.83. The molecule has 1 aromatic carbocycles. The van der Waals surface area contributed by atoms with Crippen LogP contribution in [0.4, 0.5) is 0 Å². The molecule has 0 bridgehead atoms. The Morgan fingerprint density at radius 1 is 1.19 bits per heavy atom. The van der Waals surface area contributed by atoms with Gasteiger partial charge in [0.2, 0.25) is 0 Å². The van der Waals surface area contributed by atoms with Gasteiger partial charge in [-0.25, -0.2) is 4.79 Å². The zero-order chi connectivity index (χ0) is 11.1. The van der Waals surface area contributed by atoms with E-state index < -0.39 is 5.63 Å². The van der Waals surface area contributed by atoms with Gasteiger partial charge in [0.1, 0.15) is 5.58 Å². The zero-order valence-corrected chi connectivity index (χ0v) is 8.19. The fraction of sp³-hybridized carbons (Fsp3) is 0. The fourth-order valence-corrected chi connectivity index (χ4v) is 1.83. The van der Waals surface area contributed by atoms with Gasteiger partial charge in [-0.15, -0.1) is 0 Å². The molecule has 0 unspecified atom stereocenters. The molecule has 0 saturated heterocycles. The second-order valence-corrected chi connectivity index (χ2v) is 3.52. The van der Waals surface area contributed by atoms with E-state index in [9.17, 15) is 9.59 Å². The van der Waals surface area contributed by atoms with Gasteiger partial charge in [0.15, 0.2) is 6.29 Å². The summed E-state index contributed by atoms with van der Waals surface area (Å²) in [6, 6.07) is 8.70. The first-order valence-corrected chi connectivity index (χ1v) is 4.79. The first kappa shape index (κ1) is 8.91. The molecule has 4 heteroatoms. The van der Waals surface area contributed by atoms with Gasteiger partial charge in [-0.05, 0) is 18.2 Å². The van der Waals surface area contributed by atoms with E-state index in [-0.39, 0.29) is 0 Å². The van der Waals surface area contributed by atoms with Crippen molar-refractivity contribution in [3.05, 3.63) is 46.4 Å². The predicted octanol–water partition coefficient (Wildman–Crippen LogP) is 2.09. The van der Waals surface area contributed by atoms with Crippen molar-refractivity contribution in [2.24, 2.45) is 0 Å². The summed E-state index contributed by atoms with van der Waals surface area (Å²) in [5.74, 6) is 0. The van der Waals surface area contributed by atoms with Gasteiger partial charge in [-0.2, -0.15) is 0 Å². The first-order chi connectivity index (χ1) is 7.79. The Morgan fingerprint density at radius 3 is 2.81 bits per heavy atom. The summed E-state index contributed by atoms with van der Waals surface area (Å²) in [6.07, 6.45) is 0.675. The number of rotatable bonds is 1. The molecule has 0 atom stereocenters. The molecule has 0 radical (unpaired) electrons. The van der Waals surface area contributed by atoms with E-state index in [0.29, 0.717) is 28.5 Å². The van der Waals surface area contributed by atoms with Gasteiger partial charge in [0, 0.05) is 5.39 Å². The number of aldehydes is 1. The highest BCUT2D eigenvalue weighted by Crippen LogP contribution is 2.21. The summed E-state index contributed by atoms with van der Waals surface area (Å²) >= 11 is 0. The van der Waals surface area contributed by atoms with Gasteiger partial charge in [0.25, 0.3) is 0 Å². The lowest BCUT2D eigenvalue weighted by atomic mass is 10.2. The van der Waals surface area contributed by atoms with Crippen LogP contribution in [0.3, 0.4) is 0 Å². The van der Waals surface area contributed by atoms with Gasteiger partial charge >= 0.3 is 5.63 Å². The van der Waals surface area contributed by atoms with Crippen molar-refractivity contribution >= 4 is 28.2 Å². The zero-order valence-electron chi connectivity index (χ0n) is 8.19. The monoisotopic (exact) mass is 213 g/mol. The molecule has 78 valence electrons. The number of aromatic nitrogens is 1. The molecule has 2 heterocycles. The number of hydrogen-bond donors (Lipinski definition) is 1. The third-order valence-electron chi connectivity index (χ3n) is 2.54. The van der Waals surface area contributed by atoms with Crippen LogP contribution in [0.5, 0.6) is 0 Å². The number of aromatic amines is 1. The van der Waals surface area contributed by atoms with E-state index in [0.717, 1.165) is 5.39 Å². The number of H-pyrrole nitrogens is 1. The Labute approximate surface area is 89.5 Å². The Hall–Kier alpha value is -2.36. The molecule has 0 saturated carbocycles. The van der Waals surface area contributed by atoms with Crippen LogP contribution < -0.4 is 5.63 Å². The average Bonchev–Trinajstić information content (AvgIpc) is 2.74. The topological polar surface area (TPSA) is 63.1 Å². The predicted molar refractivity (Wildman–Crippen MR) is 59.7 cm³/mol. The summed E-state index contributed by atoms with van der Waals surface area (Å²) in [4.78, 5) is 25.2. The van der Waals surface area contributed by atoms with Gasteiger partial charge in [0.05, 0.1) is 16.6 Å². The van der Waals surface area contributed by atoms with Crippen LogP contribution in [0.15, 0.2) is 39.5 Å².